The molecular weight excluding hydrogens is 210 g/mol. The first-order valence-corrected chi connectivity index (χ1v) is 5.11. The minimum atomic E-state index is 0.630. The lowest BCUT2D eigenvalue weighted by atomic mass is 10.4. The first-order valence-electron chi connectivity index (χ1n) is 4.70. The average Bonchev–Trinajstić information content (AvgIpc) is 2.62. The Morgan fingerprint density at radius 2 is 2.40 bits per heavy atom. The summed E-state index contributed by atoms with van der Waals surface area (Å²) in [4.78, 5) is 8.02. The van der Waals surface area contributed by atoms with Gasteiger partial charge in [-0.3, -0.25) is 9.67 Å². The molecule has 1 N–H and O–H groups in total. The monoisotopic (exact) mass is 221 g/mol. The smallest absolute Gasteiger partial charge is 0.195 e. The maximum Gasteiger partial charge on any atom is 0.195 e. The molecule has 0 bridgehead atoms. The van der Waals surface area contributed by atoms with Gasteiger partial charge in [-0.1, -0.05) is 6.92 Å². The van der Waals surface area contributed by atoms with Gasteiger partial charge < -0.3 is 0 Å². The number of hydrogen-bond donors (Lipinski definition) is 1. The summed E-state index contributed by atoms with van der Waals surface area (Å²) in [6.07, 6.45) is 4.10. The molecule has 2 aromatic rings. The summed E-state index contributed by atoms with van der Waals surface area (Å²) < 4.78 is 2.57. The predicted molar refractivity (Wildman–Crippen MR) is 57.9 cm³/mol. The van der Waals surface area contributed by atoms with Gasteiger partial charge in [-0.05, 0) is 18.3 Å². The van der Waals surface area contributed by atoms with E-state index < -0.39 is 0 Å². The zero-order valence-electron chi connectivity index (χ0n) is 8.34. The highest BCUT2D eigenvalue weighted by atomic mass is 32.1. The van der Waals surface area contributed by atoms with Gasteiger partial charge in [-0.2, -0.15) is 5.10 Å². The van der Waals surface area contributed by atoms with Gasteiger partial charge in [-0.15, -0.1) is 0 Å². The van der Waals surface area contributed by atoms with Crippen LogP contribution in [0, 0.1) is 4.77 Å². The fraction of sp³-hybridized carbons (Fsp3) is 0.333. The molecular formula is C9H11N5S. The SMILES string of the molecule is CCc1n[nH]c(=S)n1Cc1ccncn1. The number of hydrogen-bond acceptors (Lipinski definition) is 4. The molecule has 0 aliphatic rings. The van der Waals surface area contributed by atoms with Gasteiger partial charge in [0.2, 0.25) is 0 Å². The molecule has 78 valence electrons. The van der Waals surface area contributed by atoms with E-state index in [4.69, 9.17) is 12.2 Å². The molecule has 2 rings (SSSR count). The Kier molecular flexibility index (Phi) is 2.86. The van der Waals surface area contributed by atoms with Crippen molar-refractivity contribution < 1.29 is 0 Å². The molecule has 0 saturated heterocycles. The Hall–Kier alpha value is -1.56. The lowest BCUT2D eigenvalue weighted by molar-refractivity contribution is 0.706. The normalized spacial score (nSPS) is 10.5. The quantitative estimate of drug-likeness (QED) is 0.795. The van der Waals surface area contributed by atoms with E-state index in [9.17, 15) is 0 Å². The summed E-state index contributed by atoms with van der Waals surface area (Å²) in [6, 6.07) is 1.87. The number of aryl methyl sites for hydroxylation is 1. The van der Waals surface area contributed by atoms with Gasteiger partial charge in [0.25, 0.3) is 0 Å². The van der Waals surface area contributed by atoms with Crippen LogP contribution in [0.1, 0.15) is 18.4 Å². The standard InChI is InChI=1S/C9H11N5S/c1-2-8-12-13-9(15)14(8)5-7-3-4-10-6-11-7/h3-4,6H,2,5H2,1H3,(H,13,15). The van der Waals surface area contributed by atoms with E-state index >= 15 is 0 Å². The Labute approximate surface area is 92.2 Å². The number of H-pyrrole nitrogens is 1. The molecule has 15 heavy (non-hydrogen) atoms. The molecule has 0 atom stereocenters. The third-order valence-electron chi connectivity index (χ3n) is 2.12. The van der Waals surface area contributed by atoms with Crippen LogP contribution in [0.2, 0.25) is 0 Å². The van der Waals surface area contributed by atoms with Crippen molar-refractivity contribution in [1.29, 1.82) is 0 Å². The molecule has 6 heteroatoms. The van der Waals surface area contributed by atoms with Crippen LogP contribution in [0.3, 0.4) is 0 Å². The minimum Gasteiger partial charge on any atom is -0.298 e. The molecule has 0 radical (unpaired) electrons. The number of aromatic nitrogens is 5. The molecule has 2 aromatic heterocycles. The summed E-state index contributed by atoms with van der Waals surface area (Å²) in [5, 5.41) is 6.91. The Bertz CT molecular complexity index is 487. The summed E-state index contributed by atoms with van der Waals surface area (Å²) >= 11 is 5.14. The molecule has 0 saturated carbocycles. The van der Waals surface area contributed by atoms with E-state index in [0.717, 1.165) is 17.9 Å². The molecule has 0 amide bonds. The van der Waals surface area contributed by atoms with Gasteiger partial charge in [0.05, 0.1) is 12.2 Å². The van der Waals surface area contributed by atoms with Gasteiger partial charge in [0.1, 0.15) is 12.2 Å². The average molecular weight is 221 g/mol. The van der Waals surface area contributed by atoms with Crippen molar-refractivity contribution in [1.82, 2.24) is 24.7 Å². The third-order valence-corrected chi connectivity index (χ3v) is 2.43. The van der Waals surface area contributed by atoms with Crippen LogP contribution >= 0.6 is 12.2 Å². The molecule has 0 aromatic carbocycles. The van der Waals surface area contributed by atoms with Crippen LogP contribution in [0.25, 0.3) is 0 Å². The first kappa shape index (κ1) is 9.97. The van der Waals surface area contributed by atoms with Crippen LogP contribution < -0.4 is 0 Å². The topological polar surface area (TPSA) is 59.4 Å². The molecule has 5 nitrogen and oxygen atoms in total. The molecule has 0 spiro atoms. The van der Waals surface area contributed by atoms with E-state index in [1.807, 2.05) is 17.6 Å². The van der Waals surface area contributed by atoms with Crippen molar-refractivity contribution in [2.75, 3.05) is 0 Å². The van der Waals surface area contributed by atoms with E-state index in [0.29, 0.717) is 11.3 Å². The zero-order chi connectivity index (χ0) is 10.7. The number of nitrogens with zero attached hydrogens (tertiary/aromatic N) is 4. The highest BCUT2D eigenvalue weighted by Crippen LogP contribution is 2.03. The first-order chi connectivity index (χ1) is 7.31. The Balaban J connectivity index is 2.32. The molecule has 2 heterocycles. The fourth-order valence-electron chi connectivity index (χ4n) is 1.36. The largest absolute Gasteiger partial charge is 0.298 e. The lowest BCUT2D eigenvalue weighted by Gasteiger charge is -2.03. The maximum absolute atomic E-state index is 5.14. The van der Waals surface area contributed by atoms with Crippen LogP contribution in [0.5, 0.6) is 0 Å². The lowest BCUT2D eigenvalue weighted by Crippen LogP contribution is -2.06. The van der Waals surface area contributed by atoms with Crippen molar-refractivity contribution in [3.8, 4) is 0 Å². The van der Waals surface area contributed by atoms with E-state index in [1.165, 1.54) is 6.33 Å². The molecule has 0 unspecified atom stereocenters. The summed E-state index contributed by atoms with van der Waals surface area (Å²) in [6.45, 7) is 2.68. The van der Waals surface area contributed by atoms with Crippen LogP contribution in [0.15, 0.2) is 18.6 Å². The molecule has 0 aliphatic heterocycles. The van der Waals surface area contributed by atoms with Gasteiger partial charge >= 0.3 is 0 Å². The highest BCUT2D eigenvalue weighted by Gasteiger charge is 2.04. The second-order valence-corrected chi connectivity index (χ2v) is 3.47. The van der Waals surface area contributed by atoms with Crippen molar-refractivity contribution in [3.05, 3.63) is 34.9 Å². The Morgan fingerprint density at radius 3 is 3.07 bits per heavy atom. The summed E-state index contributed by atoms with van der Waals surface area (Å²) in [5.41, 5.74) is 0.928. The van der Waals surface area contributed by atoms with Gasteiger partial charge in [-0.25, -0.2) is 9.97 Å². The molecule has 0 aliphatic carbocycles. The summed E-state index contributed by atoms with van der Waals surface area (Å²) in [7, 11) is 0. The number of rotatable bonds is 3. The minimum absolute atomic E-state index is 0.630. The van der Waals surface area contributed by atoms with Crippen LogP contribution in [-0.2, 0) is 13.0 Å². The Morgan fingerprint density at radius 1 is 1.53 bits per heavy atom. The van der Waals surface area contributed by atoms with Crippen molar-refractivity contribution >= 4 is 12.2 Å². The van der Waals surface area contributed by atoms with E-state index in [2.05, 4.69) is 20.2 Å². The van der Waals surface area contributed by atoms with Gasteiger partial charge in [0.15, 0.2) is 4.77 Å². The predicted octanol–water partition coefficient (Wildman–Crippen LogP) is 1.34. The maximum atomic E-state index is 5.14. The van der Waals surface area contributed by atoms with E-state index in [1.54, 1.807) is 6.20 Å². The zero-order valence-corrected chi connectivity index (χ0v) is 9.16. The highest BCUT2D eigenvalue weighted by molar-refractivity contribution is 7.71. The van der Waals surface area contributed by atoms with Gasteiger partial charge in [0, 0.05) is 12.6 Å². The van der Waals surface area contributed by atoms with Crippen molar-refractivity contribution in [2.45, 2.75) is 19.9 Å². The van der Waals surface area contributed by atoms with Crippen LogP contribution in [-0.4, -0.2) is 24.7 Å². The van der Waals surface area contributed by atoms with Crippen LogP contribution in [0.4, 0.5) is 0 Å². The third kappa shape index (κ3) is 2.10. The van der Waals surface area contributed by atoms with Crippen molar-refractivity contribution in [2.24, 2.45) is 0 Å². The second kappa shape index (κ2) is 4.31. The molecule has 0 fully saturated rings. The van der Waals surface area contributed by atoms with E-state index in [-0.39, 0.29) is 0 Å². The fourth-order valence-corrected chi connectivity index (χ4v) is 1.57. The second-order valence-electron chi connectivity index (χ2n) is 3.09. The number of nitrogens with one attached hydrogen (secondary N) is 1. The number of aromatic amines is 1. The summed E-state index contributed by atoms with van der Waals surface area (Å²) in [5.74, 6) is 0.943. The van der Waals surface area contributed by atoms with Crippen molar-refractivity contribution in [3.63, 3.8) is 0 Å².